The molecule has 43 heavy (non-hydrogen) atoms. The summed E-state index contributed by atoms with van der Waals surface area (Å²) in [4.78, 5) is 38.5. The summed E-state index contributed by atoms with van der Waals surface area (Å²) in [5.74, 6) is 0.923. The van der Waals surface area contributed by atoms with Crippen LogP contribution in [0.4, 0.5) is 5.69 Å². The molecule has 1 N–H and O–H groups in total. The van der Waals surface area contributed by atoms with Gasteiger partial charge in [-0.15, -0.1) is 0 Å². The summed E-state index contributed by atoms with van der Waals surface area (Å²) >= 11 is 0. The molecule has 4 fully saturated rings. The molecule has 0 radical (unpaired) electrons. The van der Waals surface area contributed by atoms with Gasteiger partial charge in [-0.25, -0.2) is 0 Å². The number of nitro groups is 1. The van der Waals surface area contributed by atoms with E-state index in [4.69, 9.17) is 0 Å². The van der Waals surface area contributed by atoms with Gasteiger partial charge in [0.25, 0.3) is 5.69 Å². The first-order valence-electron chi connectivity index (χ1n) is 16.5. The molecular weight excluding hydrogens is 538 g/mol. The van der Waals surface area contributed by atoms with Gasteiger partial charge in [-0.1, -0.05) is 72.2 Å². The van der Waals surface area contributed by atoms with E-state index in [2.05, 4.69) is 54.5 Å². The Morgan fingerprint density at radius 2 is 1.70 bits per heavy atom. The van der Waals surface area contributed by atoms with E-state index in [9.17, 15) is 24.8 Å². The Kier molecular flexibility index (Phi) is 6.77. The molecule has 0 bridgehead atoms. The lowest BCUT2D eigenvalue weighted by Crippen LogP contribution is -2.65. The van der Waals surface area contributed by atoms with Crippen molar-refractivity contribution in [1.29, 1.82) is 0 Å². The summed E-state index contributed by atoms with van der Waals surface area (Å²) in [5.41, 5.74) is 1.07. The summed E-state index contributed by atoms with van der Waals surface area (Å²) in [6.07, 6.45) is 11.1. The van der Waals surface area contributed by atoms with Gasteiger partial charge >= 0.3 is 5.97 Å². The quantitative estimate of drug-likeness (QED) is 0.165. The first kappa shape index (κ1) is 30.3. The van der Waals surface area contributed by atoms with E-state index in [0.717, 1.165) is 44.9 Å². The number of para-hydroxylation sites is 1. The maximum Gasteiger partial charge on any atom is 0.310 e. The lowest BCUT2D eigenvalue weighted by molar-refractivity contribution is -0.385. The number of carbonyl (C=O) groups excluding carboxylic acids is 1. The highest BCUT2D eigenvalue weighted by Crippen LogP contribution is 2.75. The molecule has 232 valence electrons. The van der Waals surface area contributed by atoms with Crippen LogP contribution in [0.15, 0.2) is 41.5 Å². The number of hydrogen-bond acceptors (Lipinski definition) is 4. The molecule has 6 rings (SSSR count). The molecule has 1 aromatic carbocycles. The van der Waals surface area contributed by atoms with Gasteiger partial charge in [0.15, 0.2) is 5.78 Å². The molecule has 0 aliphatic heterocycles. The van der Waals surface area contributed by atoms with Crippen molar-refractivity contribution < 1.29 is 19.6 Å². The van der Waals surface area contributed by atoms with Crippen molar-refractivity contribution in [2.75, 3.05) is 0 Å². The molecule has 6 nitrogen and oxygen atoms in total. The normalized spacial score (nSPS) is 44.3. The first-order chi connectivity index (χ1) is 20.0. The maximum absolute atomic E-state index is 14.1. The van der Waals surface area contributed by atoms with Crippen molar-refractivity contribution in [2.45, 2.75) is 99.8 Å². The van der Waals surface area contributed by atoms with Crippen molar-refractivity contribution in [3.05, 3.63) is 57.2 Å². The van der Waals surface area contributed by atoms with E-state index >= 15 is 0 Å². The highest BCUT2D eigenvalue weighted by Gasteiger charge is 2.70. The Morgan fingerprint density at radius 1 is 1.00 bits per heavy atom. The van der Waals surface area contributed by atoms with E-state index < -0.39 is 16.8 Å². The zero-order valence-corrected chi connectivity index (χ0v) is 27.0. The van der Waals surface area contributed by atoms with E-state index in [1.54, 1.807) is 24.3 Å². The molecule has 0 unspecified atom stereocenters. The molecule has 9 atom stereocenters. The van der Waals surface area contributed by atoms with Gasteiger partial charge in [-0.3, -0.25) is 19.7 Å². The van der Waals surface area contributed by atoms with Crippen LogP contribution in [0.1, 0.15) is 105 Å². The summed E-state index contributed by atoms with van der Waals surface area (Å²) < 4.78 is 0. The van der Waals surface area contributed by atoms with Gasteiger partial charge in [0.05, 0.1) is 15.9 Å². The summed E-state index contributed by atoms with van der Waals surface area (Å²) in [5, 5.41) is 22.5. The number of nitrogens with zero attached hydrogens (tertiary/aromatic N) is 1. The number of aliphatic carboxylic acids is 1. The van der Waals surface area contributed by atoms with Crippen LogP contribution in [-0.4, -0.2) is 21.8 Å². The SMILES string of the molecule is C[C@H]1[C@H](C)CC[C@]2(C(=O)O)CC[C@]3(C)C(=CC[C@@H]4[C@@]5(C)C/C(=C\c6ccccc6[N+](=O)[O-])C(=O)C(C)(C)[C@@H]5CC[C@]43C)[C@H]12. The number of carboxylic acid groups (broad SMARTS) is 1. The number of carboxylic acids is 1. The maximum atomic E-state index is 14.1. The van der Waals surface area contributed by atoms with Crippen LogP contribution in [0.5, 0.6) is 0 Å². The fraction of sp³-hybridized carbons (Fsp3) is 0.676. The molecule has 4 saturated carbocycles. The van der Waals surface area contributed by atoms with Gasteiger partial charge in [0, 0.05) is 11.5 Å². The topological polar surface area (TPSA) is 97.5 Å². The number of benzene rings is 1. The van der Waals surface area contributed by atoms with Crippen LogP contribution in [0, 0.1) is 66.8 Å². The van der Waals surface area contributed by atoms with E-state index in [0.29, 0.717) is 35.3 Å². The molecule has 6 heteroatoms. The monoisotopic (exact) mass is 587 g/mol. The minimum atomic E-state index is -0.666. The number of allylic oxidation sites excluding steroid dienone is 3. The second-order valence-corrected chi connectivity index (χ2v) is 16.3. The number of Topliss-reactive ketones (excluding diaryl/α,β-unsaturated/α-hetero) is 1. The average molecular weight is 588 g/mol. The number of fused-ring (bicyclic) bond motifs is 7. The van der Waals surface area contributed by atoms with E-state index in [-0.39, 0.29) is 44.5 Å². The molecule has 5 aliphatic carbocycles. The third-order valence-electron chi connectivity index (χ3n) is 14.5. The van der Waals surface area contributed by atoms with Crippen LogP contribution in [-0.2, 0) is 9.59 Å². The summed E-state index contributed by atoms with van der Waals surface area (Å²) in [7, 11) is 0. The van der Waals surface area contributed by atoms with Crippen LogP contribution >= 0.6 is 0 Å². The summed E-state index contributed by atoms with van der Waals surface area (Å²) in [6.45, 7) is 16.1. The van der Waals surface area contributed by atoms with Crippen molar-refractivity contribution >= 4 is 23.5 Å². The predicted octanol–water partition coefficient (Wildman–Crippen LogP) is 8.90. The Labute approximate surface area is 256 Å². The van der Waals surface area contributed by atoms with Gasteiger partial charge < -0.3 is 5.11 Å². The minimum Gasteiger partial charge on any atom is -0.481 e. The Balaban J connectivity index is 1.46. The third kappa shape index (κ3) is 3.89. The van der Waals surface area contributed by atoms with Gasteiger partial charge in [-0.2, -0.15) is 0 Å². The van der Waals surface area contributed by atoms with Crippen LogP contribution in [0.25, 0.3) is 6.08 Å². The highest BCUT2D eigenvalue weighted by atomic mass is 16.6. The minimum absolute atomic E-state index is 0.0269. The van der Waals surface area contributed by atoms with Crippen molar-refractivity contribution in [3.8, 4) is 0 Å². The van der Waals surface area contributed by atoms with Gasteiger partial charge in [0.1, 0.15) is 0 Å². The number of carbonyl (C=O) groups is 2. The smallest absolute Gasteiger partial charge is 0.310 e. The van der Waals surface area contributed by atoms with Gasteiger partial charge in [-0.05, 0) is 115 Å². The van der Waals surface area contributed by atoms with Crippen molar-refractivity contribution in [2.24, 2.45) is 56.7 Å². The average Bonchev–Trinajstić information content (AvgIpc) is 2.94. The van der Waals surface area contributed by atoms with Gasteiger partial charge in [0.2, 0.25) is 0 Å². The second kappa shape index (κ2) is 9.62. The fourth-order valence-corrected chi connectivity index (χ4v) is 11.8. The van der Waals surface area contributed by atoms with Crippen LogP contribution in [0.3, 0.4) is 0 Å². The first-order valence-corrected chi connectivity index (χ1v) is 16.5. The standard InChI is InChI=1S/C37H49NO5/c1-22-14-17-37(32(40)41)19-18-35(6)26(30(37)23(22)2)12-13-29-34(5)21-25(20-24-10-8-9-11-27(24)38(42)43)31(39)33(3,4)28(34)15-16-36(29,35)7/h8-12,20,22-23,28-30H,13-19,21H2,1-7H3,(H,40,41)/b25-20+/t22-,23+,28+,29-,30+,34+,35-,36-,37+/m1/s1. The number of ketones is 1. The molecule has 0 spiro atoms. The number of hydrogen-bond donors (Lipinski definition) is 1. The molecule has 5 aliphatic rings. The van der Waals surface area contributed by atoms with Crippen LogP contribution in [0.2, 0.25) is 0 Å². The Bertz CT molecular complexity index is 1460. The largest absolute Gasteiger partial charge is 0.481 e. The Morgan fingerprint density at radius 3 is 2.37 bits per heavy atom. The molecule has 0 saturated heterocycles. The molecule has 0 heterocycles. The molecule has 1 aromatic rings. The predicted molar refractivity (Wildman–Crippen MR) is 168 cm³/mol. The molecule has 0 aromatic heterocycles. The van der Waals surface area contributed by atoms with E-state index in [1.807, 2.05) is 0 Å². The number of nitro benzene ring substituents is 1. The zero-order chi connectivity index (χ0) is 31.3. The zero-order valence-electron chi connectivity index (χ0n) is 27.0. The highest BCUT2D eigenvalue weighted by molar-refractivity contribution is 6.04. The van der Waals surface area contributed by atoms with Crippen molar-refractivity contribution in [3.63, 3.8) is 0 Å². The lowest BCUT2D eigenvalue weighted by atomic mass is 9.33. The third-order valence-corrected chi connectivity index (χ3v) is 14.5. The fourth-order valence-electron chi connectivity index (χ4n) is 11.8. The van der Waals surface area contributed by atoms with E-state index in [1.165, 1.54) is 11.6 Å². The molecule has 0 amide bonds. The second-order valence-electron chi connectivity index (χ2n) is 16.3. The molecular formula is C37H49NO5. The summed E-state index contributed by atoms with van der Waals surface area (Å²) in [6, 6.07) is 6.71. The Hall–Kier alpha value is -2.76. The lowest BCUT2D eigenvalue weighted by Gasteiger charge is -2.70. The van der Waals surface area contributed by atoms with Crippen molar-refractivity contribution in [1.82, 2.24) is 0 Å². The number of rotatable bonds is 3. The van der Waals surface area contributed by atoms with Crippen LogP contribution < -0.4 is 0 Å².